The number of nitrogens with zero attached hydrogens (tertiary/aromatic N) is 2. The molecule has 5 nitrogen and oxygen atoms in total. The molecule has 0 fully saturated rings. The molecule has 1 aromatic carbocycles. The van der Waals surface area contributed by atoms with Gasteiger partial charge in [-0.3, -0.25) is 4.68 Å². The normalized spacial score (nSPS) is 12.8. The summed E-state index contributed by atoms with van der Waals surface area (Å²) in [7, 11) is 1.75. The third-order valence-electron chi connectivity index (χ3n) is 3.61. The number of aryl methyl sites for hydroxylation is 2. The summed E-state index contributed by atoms with van der Waals surface area (Å²) in [6, 6.07) is 5.70. The maximum absolute atomic E-state index is 13.0. The molecule has 0 radical (unpaired) electrons. The highest BCUT2D eigenvalue weighted by molar-refractivity contribution is 5.74. The van der Waals surface area contributed by atoms with E-state index in [1.165, 1.54) is 25.1 Å². The van der Waals surface area contributed by atoms with Crippen molar-refractivity contribution in [2.24, 2.45) is 7.05 Å². The molecular formula is C16H19F3N4O. The van der Waals surface area contributed by atoms with Gasteiger partial charge in [-0.05, 0) is 31.5 Å². The van der Waals surface area contributed by atoms with Crippen molar-refractivity contribution in [3.05, 3.63) is 52.8 Å². The number of halogens is 3. The summed E-state index contributed by atoms with van der Waals surface area (Å²) in [6.45, 7) is 3.58. The van der Waals surface area contributed by atoms with E-state index in [4.69, 9.17) is 0 Å². The monoisotopic (exact) mass is 340 g/mol. The Morgan fingerprint density at radius 1 is 1.33 bits per heavy atom. The lowest BCUT2D eigenvalue weighted by Crippen LogP contribution is -2.37. The molecule has 2 rings (SSSR count). The van der Waals surface area contributed by atoms with E-state index in [9.17, 15) is 18.0 Å². The number of aromatic nitrogens is 2. The molecule has 130 valence electrons. The Labute approximate surface area is 137 Å². The first-order chi connectivity index (χ1) is 11.2. The second-order valence-corrected chi connectivity index (χ2v) is 5.53. The zero-order valence-corrected chi connectivity index (χ0v) is 13.6. The van der Waals surface area contributed by atoms with E-state index in [2.05, 4.69) is 15.7 Å². The number of hydrogen-bond acceptors (Lipinski definition) is 2. The molecule has 2 N–H and O–H groups in total. The van der Waals surface area contributed by atoms with Crippen molar-refractivity contribution in [2.45, 2.75) is 32.6 Å². The van der Waals surface area contributed by atoms with Gasteiger partial charge in [-0.2, -0.15) is 18.3 Å². The molecule has 0 unspecified atom stereocenters. The number of nitrogens with one attached hydrogen (secondary N) is 2. The first kappa shape index (κ1) is 17.8. The highest BCUT2D eigenvalue weighted by Gasteiger charge is 2.34. The summed E-state index contributed by atoms with van der Waals surface area (Å²) in [5, 5.41) is 9.30. The van der Waals surface area contributed by atoms with Crippen LogP contribution in [0.3, 0.4) is 0 Å². The lowest BCUT2D eigenvalue weighted by atomic mass is 10.0. The predicted octanol–water partition coefficient (Wildman–Crippen LogP) is 3.31. The Kier molecular flexibility index (Phi) is 5.16. The highest BCUT2D eigenvalue weighted by Crippen LogP contribution is 2.34. The number of alkyl halides is 3. The molecule has 0 saturated carbocycles. The fourth-order valence-corrected chi connectivity index (χ4v) is 2.46. The number of hydrogen-bond donors (Lipinski definition) is 2. The van der Waals surface area contributed by atoms with Gasteiger partial charge in [0.15, 0.2) is 0 Å². The number of urea groups is 1. The Balaban J connectivity index is 2.01. The fourth-order valence-electron chi connectivity index (χ4n) is 2.46. The average molecular weight is 340 g/mol. The van der Waals surface area contributed by atoms with Crippen molar-refractivity contribution in [2.75, 3.05) is 0 Å². The molecule has 1 heterocycles. The van der Waals surface area contributed by atoms with Crippen LogP contribution in [0.2, 0.25) is 0 Å². The van der Waals surface area contributed by atoms with Gasteiger partial charge < -0.3 is 10.6 Å². The van der Waals surface area contributed by atoms with E-state index >= 15 is 0 Å². The van der Waals surface area contributed by atoms with Gasteiger partial charge in [0.05, 0.1) is 29.5 Å². The van der Waals surface area contributed by atoms with Crippen molar-refractivity contribution >= 4 is 6.03 Å². The number of carbonyl (C=O) groups excluding carboxylic acids is 1. The molecule has 0 aliphatic rings. The lowest BCUT2D eigenvalue weighted by Gasteiger charge is -2.19. The highest BCUT2D eigenvalue weighted by atomic mass is 19.4. The molecule has 8 heteroatoms. The zero-order valence-electron chi connectivity index (χ0n) is 13.6. The molecular weight excluding hydrogens is 321 g/mol. The molecule has 0 bridgehead atoms. The first-order valence-electron chi connectivity index (χ1n) is 7.38. The number of amides is 2. The van der Waals surface area contributed by atoms with E-state index in [-0.39, 0.29) is 12.1 Å². The summed E-state index contributed by atoms with van der Waals surface area (Å²) < 4.78 is 40.7. The lowest BCUT2D eigenvalue weighted by molar-refractivity contribution is -0.138. The molecule has 24 heavy (non-hydrogen) atoms. The predicted molar refractivity (Wildman–Crippen MR) is 83.2 cm³/mol. The standard InChI is InChI=1S/C16H19F3N4O/c1-10-8-12(23(3)22-10)9-20-15(24)21-11(2)13-6-4-5-7-14(13)16(17,18)19/h4-8,11H,9H2,1-3H3,(H2,20,21,24)/t11-/m0/s1. The minimum atomic E-state index is -4.46. The summed E-state index contributed by atoms with van der Waals surface area (Å²) in [6.07, 6.45) is -4.46. The van der Waals surface area contributed by atoms with Crippen LogP contribution < -0.4 is 10.6 Å². The van der Waals surface area contributed by atoms with Gasteiger partial charge in [-0.25, -0.2) is 4.79 Å². The summed E-state index contributed by atoms with van der Waals surface area (Å²) >= 11 is 0. The van der Waals surface area contributed by atoms with Gasteiger partial charge in [0.25, 0.3) is 0 Å². The molecule has 0 spiro atoms. The van der Waals surface area contributed by atoms with Crippen molar-refractivity contribution in [1.29, 1.82) is 0 Å². The summed E-state index contributed by atoms with van der Waals surface area (Å²) in [4.78, 5) is 11.9. The summed E-state index contributed by atoms with van der Waals surface area (Å²) in [5.74, 6) is 0. The van der Waals surface area contributed by atoms with Crippen molar-refractivity contribution < 1.29 is 18.0 Å². The summed E-state index contributed by atoms with van der Waals surface area (Å²) in [5.41, 5.74) is 0.893. The fraction of sp³-hybridized carbons (Fsp3) is 0.375. The van der Waals surface area contributed by atoms with E-state index in [0.717, 1.165) is 17.5 Å². The Morgan fingerprint density at radius 2 is 2.00 bits per heavy atom. The Hall–Kier alpha value is -2.51. The third kappa shape index (κ3) is 4.27. The van der Waals surface area contributed by atoms with Crippen molar-refractivity contribution in [1.82, 2.24) is 20.4 Å². The SMILES string of the molecule is Cc1cc(CNC(=O)N[C@@H](C)c2ccccc2C(F)(F)F)n(C)n1. The molecule has 1 atom stereocenters. The number of benzene rings is 1. The largest absolute Gasteiger partial charge is 0.416 e. The second-order valence-electron chi connectivity index (χ2n) is 5.53. The van der Waals surface area contributed by atoms with Crippen LogP contribution in [0.4, 0.5) is 18.0 Å². The van der Waals surface area contributed by atoms with Crippen molar-refractivity contribution in [3.63, 3.8) is 0 Å². The smallest absolute Gasteiger partial charge is 0.333 e. The van der Waals surface area contributed by atoms with E-state index in [0.29, 0.717) is 0 Å². The minimum Gasteiger partial charge on any atom is -0.333 e. The van der Waals surface area contributed by atoms with Crippen LogP contribution in [0.15, 0.2) is 30.3 Å². The van der Waals surface area contributed by atoms with Gasteiger partial charge in [0.1, 0.15) is 0 Å². The van der Waals surface area contributed by atoms with Crippen LogP contribution in [0.1, 0.15) is 35.5 Å². The van der Waals surface area contributed by atoms with Crippen LogP contribution in [0.5, 0.6) is 0 Å². The maximum Gasteiger partial charge on any atom is 0.416 e. The topological polar surface area (TPSA) is 59.0 Å². The van der Waals surface area contributed by atoms with Gasteiger partial charge in [0.2, 0.25) is 0 Å². The van der Waals surface area contributed by atoms with Gasteiger partial charge >= 0.3 is 12.2 Å². The Morgan fingerprint density at radius 3 is 2.58 bits per heavy atom. The molecule has 2 amide bonds. The molecule has 0 aliphatic carbocycles. The van der Waals surface area contributed by atoms with Gasteiger partial charge in [-0.1, -0.05) is 18.2 Å². The Bertz CT molecular complexity index is 724. The van der Waals surface area contributed by atoms with Crippen LogP contribution in [-0.4, -0.2) is 15.8 Å². The number of rotatable bonds is 4. The molecule has 2 aromatic rings. The minimum absolute atomic E-state index is 0.0246. The molecule has 1 aromatic heterocycles. The molecule has 0 aliphatic heterocycles. The zero-order chi connectivity index (χ0) is 17.9. The third-order valence-corrected chi connectivity index (χ3v) is 3.61. The molecule has 0 saturated heterocycles. The first-order valence-corrected chi connectivity index (χ1v) is 7.38. The van der Waals surface area contributed by atoms with Crippen LogP contribution in [0, 0.1) is 6.92 Å². The number of carbonyl (C=O) groups is 1. The maximum atomic E-state index is 13.0. The average Bonchev–Trinajstić information content (AvgIpc) is 2.82. The van der Waals surface area contributed by atoms with Crippen LogP contribution in [0.25, 0.3) is 0 Å². The quantitative estimate of drug-likeness (QED) is 0.897. The van der Waals surface area contributed by atoms with Gasteiger partial charge in [0, 0.05) is 7.05 Å². The van der Waals surface area contributed by atoms with Crippen LogP contribution in [-0.2, 0) is 19.8 Å². The van der Waals surface area contributed by atoms with Crippen molar-refractivity contribution in [3.8, 4) is 0 Å². The van der Waals surface area contributed by atoms with Gasteiger partial charge in [-0.15, -0.1) is 0 Å². The second kappa shape index (κ2) is 6.94. The van der Waals surface area contributed by atoms with Crippen LogP contribution >= 0.6 is 0 Å². The van der Waals surface area contributed by atoms with E-state index in [1.807, 2.05) is 13.0 Å². The van der Waals surface area contributed by atoms with E-state index in [1.54, 1.807) is 11.7 Å². The van der Waals surface area contributed by atoms with E-state index < -0.39 is 23.8 Å².